The summed E-state index contributed by atoms with van der Waals surface area (Å²) in [5, 5.41) is 39.6. The summed E-state index contributed by atoms with van der Waals surface area (Å²) in [7, 11) is 1.02. The fourth-order valence-electron chi connectivity index (χ4n) is 5.42. The second-order valence-electron chi connectivity index (χ2n) is 12.4. The number of Topliss-reactive ketones (excluding diaryl/α,β-unsaturated/α-hetero) is 1. The number of rotatable bonds is 26. The van der Waals surface area contributed by atoms with Crippen molar-refractivity contribution < 1.29 is 44.3 Å². The van der Waals surface area contributed by atoms with Gasteiger partial charge in [0.1, 0.15) is 12.0 Å². The molecule has 0 aliphatic rings. The largest absolute Gasteiger partial charge is 0.467 e. The number of ether oxygens (including phenoxy) is 2. The Morgan fingerprint density at radius 3 is 1.81 bits per heavy atom. The predicted molar refractivity (Wildman–Crippen MR) is 168 cm³/mol. The second-order valence-corrected chi connectivity index (χ2v) is 12.4. The molecule has 9 heteroatoms. The molecule has 43 heavy (non-hydrogen) atoms. The Morgan fingerprint density at radius 2 is 1.28 bits per heavy atom. The van der Waals surface area contributed by atoms with Crippen molar-refractivity contribution in [3.63, 3.8) is 0 Å². The molecule has 0 aliphatic heterocycles. The van der Waals surface area contributed by atoms with Crippen LogP contribution in [-0.4, -0.2) is 76.3 Å². The van der Waals surface area contributed by atoms with Crippen LogP contribution >= 0.6 is 0 Å². The number of hydrogen-bond donors (Lipinski definition) is 4. The molecule has 0 heterocycles. The summed E-state index contributed by atoms with van der Waals surface area (Å²) in [4.78, 5) is 36.8. The smallest absolute Gasteiger partial charge is 0.337 e. The van der Waals surface area contributed by atoms with Crippen LogP contribution in [0.2, 0.25) is 0 Å². The molecule has 0 saturated heterocycles. The molecule has 0 bridgehead atoms. The molecular formula is C34H62O9. The normalized spacial score (nSPS) is 16.9. The van der Waals surface area contributed by atoms with Crippen molar-refractivity contribution in [2.24, 2.45) is 17.8 Å². The fourth-order valence-corrected chi connectivity index (χ4v) is 5.42. The number of carbonyl (C=O) groups is 3. The van der Waals surface area contributed by atoms with Gasteiger partial charge in [-0.2, -0.15) is 0 Å². The van der Waals surface area contributed by atoms with Crippen LogP contribution in [0.5, 0.6) is 0 Å². The molecular weight excluding hydrogens is 552 g/mol. The summed E-state index contributed by atoms with van der Waals surface area (Å²) in [6.45, 7) is 8.60. The third-order valence-electron chi connectivity index (χ3n) is 8.16. The van der Waals surface area contributed by atoms with E-state index in [2.05, 4.69) is 18.6 Å². The van der Waals surface area contributed by atoms with Gasteiger partial charge in [0.15, 0.2) is 18.0 Å². The van der Waals surface area contributed by atoms with Crippen molar-refractivity contribution in [1.29, 1.82) is 0 Å². The van der Waals surface area contributed by atoms with E-state index in [-0.39, 0.29) is 12.0 Å². The number of unbranched alkanes of at least 4 members (excludes halogenated alkanes) is 9. The number of esters is 2. The molecule has 252 valence electrons. The van der Waals surface area contributed by atoms with Gasteiger partial charge in [-0.1, -0.05) is 104 Å². The van der Waals surface area contributed by atoms with Crippen molar-refractivity contribution >= 4 is 17.7 Å². The topological polar surface area (TPSA) is 151 Å². The molecule has 0 amide bonds. The van der Waals surface area contributed by atoms with Crippen molar-refractivity contribution in [3.05, 3.63) is 11.6 Å². The van der Waals surface area contributed by atoms with Crippen LogP contribution in [0.1, 0.15) is 131 Å². The number of aliphatic hydroxyl groups is 4. The van der Waals surface area contributed by atoms with Gasteiger partial charge in [0.25, 0.3) is 0 Å². The highest BCUT2D eigenvalue weighted by molar-refractivity contribution is 6.07. The minimum Gasteiger partial charge on any atom is -0.467 e. The lowest BCUT2D eigenvalue weighted by atomic mass is 9.89. The van der Waals surface area contributed by atoms with Gasteiger partial charge in [0.05, 0.1) is 19.8 Å². The lowest BCUT2D eigenvalue weighted by Gasteiger charge is -2.25. The van der Waals surface area contributed by atoms with E-state index < -0.39 is 48.6 Å². The van der Waals surface area contributed by atoms with Crippen molar-refractivity contribution in [2.45, 2.75) is 155 Å². The van der Waals surface area contributed by atoms with Gasteiger partial charge >= 0.3 is 11.9 Å². The zero-order valence-corrected chi connectivity index (χ0v) is 27.8. The molecule has 0 aromatic heterocycles. The van der Waals surface area contributed by atoms with Gasteiger partial charge in [-0.25, -0.2) is 4.79 Å². The van der Waals surface area contributed by atoms with Crippen molar-refractivity contribution in [3.8, 4) is 0 Å². The SMILES string of the molecule is CCCCCCCCCCCC(O)CCCCC(C)CC(C)C=C(C)C(=O)C(C)C(=O)OC(CO)C(O)C(O)C(=O)OC. The van der Waals surface area contributed by atoms with Gasteiger partial charge in [-0.3, -0.25) is 9.59 Å². The summed E-state index contributed by atoms with van der Waals surface area (Å²) in [6.07, 6.45) is 13.4. The van der Waals surface area contributed by atoms with E-state index in [1.165, 1.54) is 58.3 Å². The highest BCUT2D eigenvalue weighted by Gasteiger charge is 2.36. The van der Waals surface area contributed by atoms with E-state index in [1.807, 2.05) is 13.0 Å². The lowest BCUT2D eigenvalue weighted by molar-refractivity contribution is -0.178. The average Bonchev–Trinajstić information content (AvgIpc) is 2.98. The zero-order valence-electron chi connectivity index (χ0n) is 27.8. The highest BCUT2D eigenvalue weighted by atomic mass is 16.6. The minimum atomic E-state index is -2.01. The molecule has 0 rings (SSSR count). The first-order valence-electron chi connectivity index (χ1n) is 16.5. The molecule has 7 unspecified atom stereocenters. The minimum absolute atomic E-state index is 0.113. The van der Waals surface area contributed by atoms with E-state index >= 15 is 0 Å². The maximum atomic E-state index is 12.8. The Labute approximate surface area is 260 Å². The maximum absolute atomic E-state index is 12.8. The maximum Gasteiger partial charge on any atom is 0.337 e. The molecule has 0 aromatic carbocycles. The van der Waals surface area contributed by atoms with Crippen LogP contribution in [0.4, 0.5) is 0 Å². The molecule has 0 radical (unpaired) electrons. The van der Waals surface area contributed by atoms with Gasteiger partial charge < -0.3 is 29.9 Å². The molecule has 0 aromatic rings. The zero-order chi connectivity index (χ0) is 32.8. The van der Waals surface area contributed by atoms with E-state index in [9.17, 15) is 34.8 Å². The molecule has 0 saturated carbocycles. The molecule has 7 atom stereocenters. The van der Waals surface area contributed by atoms with Crippen LogP contribution in [0.3, 0.4) is 0 Å². The first-order valence-corrected chi connectivity index (χ1v) is 16.5. The summed E-state index contributed by atoms with van der Waals surface area (Å²) in [5.41, 5.74) is 0.416. The van der Waals surface area contributed by atoms with Crippen molar-refractivity contribution in [1.82, 2.24) is 0 Å². The Balaban J connectivity index is 4.38. The van der Waals surface area contributed by atoms with Crippen LogP contribution in [-0.2, 0) is 23.9 Å². The average molecular weight is 615 g/mol. The molecule has 0 aliphatic carbocycles. The van der Waals surface area contributed by atoms with E-state index in [4.69, 9.17) is 4.74 Å². The van der Waals surface area contributed by atoms with Crippen LogP contribution < -0.4 is 0 Å². The Morgan fingerprint density at radius 1 is 0.767 bits per heavy atom. The van der Waals surface area contributed by atoms with Crippen LogP contribution in [0.25, 0.3) is 0 Å². The quantitative estimate of drug-likeness (QED) is 0.0432. The molecule has 4 N–H and O–H groups in total. The molecule has 0 fully saturated rings. The summed E-state index contributed by atoms with van der Waals surface area (Å²) >= 11 is 0. The summed E-state index contributed by atoms with van der Waals surface area (Å²) in [5.74, 6) is -3.20. The Bertz CT molecular complexity index is 797. The standard InChI is InChI=1S/C34H62O9/c1-7-8-9-10-11-12-13-14-15-19-28(36)20-17-16-18-24(2)21-25(3)22-26(4)30(37)27(5)33(40)43-29(23-35)31(38)32(39)34(41)42-6/h22,24-25,27-29,31-32,35-36,38-39H,7-21,23H2,1-6H3. The third kappa shape index (κ3) is 18.6. The Kier molecular flexibility index (Phi) is 23.5. The first-order chi connectivity index (χ1) is 20.4. The van der Waals surface area contributed by atoms with Gasteiger partial charge in [0, 0.05) is 0 Å². The summed E-state index contributed by atoms with van der Waals surface area (Å²) in [6, 6.07) is 0. The molecule has 9 nitrogen and oxygen atoms in total. The number of methoxy groups -OCH3 is 1. The van der Waals surface area contributed by atoms with E-state index in [0.29, 0.717) is 11.5 Å². The van der Waals surface area contributed by atoms with Gasteiger partial charge in [-0.15, -0.1) is 0 Å². The Hall–Kier alpha value is -1.81. The summed E-state index contributed by atoms with van der Waals surface area (Å²) < 4.78 is 9.37. The van der Waals surface area contributed by atoms with E-state index in [0.717, 1.165) is 52.1 Å². The van der Waals surface area contributed by atoms with Crippen LogP contribution in [0.15, 0.2) is 11.6 Å². The third-order valence-corrected chi connectivity index (χ3v) is 8.16. The monoisotopic (exact) mass is 614 g/mol. The van der Waals surface area contributed by atoms with Gasteiger partial charge in [-0.05, 0) is 50.5 Å². The number of carbonyl (C=O) groups excluding carboxylic acids is 3. The number of hydrogen-bond acceptors (Lipinski definition) is 9. The van der Waals surface area contributed by atoms with Gasteiger partial charge in [0.2, 0.25) is 0 Å². The number of ketones is 1. The highest BCUT2D eigenvalue weighted by Crippen LogP contribution is 2.22. The lowest BCUT2D eigenvalue weighted by Crippen LogP contribution is -2.47. The molecule has 0 spiro atoms. The number of allylic oxidation sites excluding steroid dienone is 2. The second kappa shape index (κ2) is 24.5. The van der Waals surface area contributed by atoms with E-state index in [1.54, 1.807) is 6.92 Å². The fraction of sp³-hybridized carbons (Fsp3) is 0.853. The predicted octanol–water partition coefficient (Wildman–Crippen LogP) is 5.44. The number of aliphatic hydroxyl groups excluding tert-OH is 4. The first kappa shape index (κ1) is 41.2. The van der Waals surface area contributed by atoms with Crippen LogP contribution in [0, 0.1) is 17.8 Å². The van der Waals surface area contributed by atoms with Crippen molar-refractivity contribution in [2.75, 3.05) is 13.7 Å².